The lowest BCUT2D eigenvalue weighted by Gasteiger charge is -2.45. The zero-order valence-corrected chi connectivity index (χ0v) is 20.6. The Balaban J connectivity index is 1.82. The van der Waals surface area contributed by atoms with Crippen LogP contribution in [-0.4, -0.2) is 59.3 Å². The van der Waals surface area contributed by atoms with Gasteiger partial charge in [0.05, 0.1) is 20.3 Å². The van der Waals surface area contributed by atoms with Crippen molar-refractivity contribution >= 4 is 12.0 Å². The third-order valence-electron chi connectivity index (χ3n) is 6.55. The first-order chi connectivity index (χ1) is 17.0. The molecule has 0 heterocycles. The topological polar surface area (TPSA) is 108 Å². The third-order valence-corrected chi connectivity index (χ3v) is 6.55. The van der Waals surface area contributed by atoms with E-state index >= 15 is 0 Å². The van der Waals surface area contributed by atoms with Gasteiger partial charge in [-0.15, -0.1) is 0 Å². The maximum absolute atomic E-state index is 13.6. The molecule has 2 aromatic carbocycles. The predicted octanol–water partition coefficient (Wildman–Crippen LogP) is 4.76. The second kappa shape index (κ2) is 11.0. The van der Waals surface area contributed by atoms with E-state index in [1.54, 1.807) is 19.1 Å². The summed E-state index contributed by atoms with van der Waals surface area (Å²) in [7, 11) is 2.76. The van der Waals surface area contributed by atoms with Gasteiger partial charge in [-0.2, -0.15) is 0 Å². The number of aryl methyl sites for hydroxylation is 1. The van der Waals surface area contributed by atoms with Crippen LogP contribution in [0.4, 0.5) is 13.6 Å². The number of urea groups is 1. The minimum atomic E-state index is -3.14. The molecule has 2 aromatic rings. The maximum Gasteiger partial charge on any atom is 0.329 e. The number of hydrogen-bond acceptors (Lipinski definition) is 5. The van der Waals surface area contributed by atoms with Crippen LogP contribution in [0.3, 0.4) is 0 Å². The number of aliphatic carboxylic acids is 1. The molecule has 196 valence electrons. The first kappa shape index (κ1) is 27.0. The summed E-state index contributed by atoms with van der Waals surface area (Å²) in [6, 6.07) is 11.6. The number of hydrogen-bond donors (Lipinski definition) is 3. The molecule has 3 N–H and O–H groups in total. The fraction of sp³-hybridized carbons (Fsp3) is 0.462. The number of methoxy groups -OCH3 is 2. The molecular formula is C26H32F2N2O6. The fourth-order valence-electron chi connectivity index (χ4n) is 4.46. The average molecular weight is 507 g/mol. The highest BCUT2D eigenvalue weighted by Crippen LogP contribution is 2.46. The normalized spacial score (nSPS) is 16.4. The summed E-state index contributed by atoms with van der Waals surface area (Å²) in [5, 5.41) is 22.2. The highest BCUT2D eigenvalue weighted by molar-refractivity contribution is 5.88. The minimum absolute atomic E-state index is 0.140. The van der Waals surface area contributed by atoms with Crippen molar-refractivity contribution < 1.29 is 38.1 Å². The van der Waals surface area contributed by atoms with E-state index in [1.165, 1.54) is 19.1 Å². The molecule has 0 radical (unpaired) electrons. The summed E-state index contributed by atoms with van der Waals surface area (Å²) in [4.78, 5) is 26.5. The van der Waals surface area contributed by atoms with E-state index < -0.39 is 42.3 Å². The van der Waals surface area contributed by atoms with Gasteiger partial charge in [-0.25, -0.2) is 18.4 Å². The molecule has 1 fully saturated rings. The van der Waals surface area contributed by atoms with Crippen molar-refractivity contribution in [1.82, 2.24) is 10.2 Å². The minimum Gasteiger partial charge on any atom is -0.502 e. The molecule has 1 unspecified atom stereocenters. The maximum atomic E-state index is 13.6. The molecule has 8 nitrogen and oxygen atoms in total. The van der Waals surface area contributed by atoms with Crippen molar-refractivity contribution in [3.63, 3.8) is 0 Å². The molecule has 0 aliphatic heterocycles. The monoisotopic (exact) mass is 506 g/mol. The molecule has 0 aromatic heterocycles. The number of nitrogens with one attached hydrogen (secondary N) is 1. The lowest BCUT2D eigenvalue weighted by Crippen LogP contribution is -2.68. The molecule has 2 amide bonds. The van der Waals surface area contributed by atoms with Gasteiger partial charge in [-0.3, -0.25) is 0 Å². The zero-order valence-electron chi connectivity index (χ0n) is 20.6. The first-order valence-corrected chi connectivity index (χ1v) is 11.7. The Morgan fingerprint density at radius 1 is 1.08 bits per heavy atom. The number of alkyl halides is 2. The van der Waals surface area contributed by atoms with E-state index in [0.29, 0.717) is 12.0 Å². The van der Waals surface area contributed by atoms with Crippen molar-refractivity contribution in [1.29, 1.82) is 0 Å². The summed E-state index contributed by atoms with van der Waals surface area (Å²) >= 11 is 0. The van der Waals surface area contributed by atoms with Crippen LogP contribution in [0, 0.1) is 0 Å². The Bertz CT molecular complexity index is 1050. The number of amides is 2. The molecule has 1 saturated carbocycles. The van der Waals surface area contributed by atoms with Crippen molar-refractivity contribution in [3.8, 4) is 17.2 Å². The number of carbonyl (C=O) groups is 2. The fourth-order valence-corrected chi connectivity index (χ4v) is 4.46. The summed E-state index contributed by atoms with van der Waals surface area (Å²) in [5.74, 6) is -4.56. The van der Waals surface area contributed by atoms with Crippen molar-refractivity contribution in [2.24, 2.45) is 0 Å². The van der Waals surface area contributed by atoms with Crippen LogP contribution in [-0.2, 0) is 11.2 Å². The van der Waals surface area contributed by atoms with Crippen molar-refractivity contribution in [2.75, 3.05) is 20.8 Å². The van der Waals surface area contributed by atoms with Crippen molar-refractivity contribution in [3.05, 3.63) is 53.6 Å². The highest BCUT2D eigenvalue weighted by Gasteiger charge is 2.62. The van der Waals surface area contributed by atoms with Gasteiger partial charge in [-0.1, -0.05) is 30.3 Å². The molecular weight excluding hydrogens is 474 g/mol. The van der Waals surface area contributed by atoms with Gasteiger partial charge in [-0.05, 0) is 49.4 Å². The Morgan fingerprint density at radius 2 is 1.67 bits per heavy atom. The van der Waals surface area contributed by atoms with Gasteiger partial charge >= 0.3 is 12.0 Å². The highest BCUT2D eigenvalue weighted by atomic mass is 19.3. The molecule has 1 aliphatic rings. The Hall–Kier alpha value is -3.56. The predicted molar refractivity (Wildman–Crippen MR) is 129 cm³/mol. The van der Waals surface area contributed by atoms with E-state index in [2.05, 4.69) is 5.32 Å². The zero-order chi connectivity index (χ0) is 26.5. The molecule has 36 heavy (non-hydrogen) atoms. The molecule has 1 aliphatic carbocycles. The van der Waals surface area contributed by atoms with Gasteiger partial charge in [0, 0.05) is 19.4 Å². The summed E-state index contributed by atoms with van der Waals surface area (Å²) in [5.41, 5.74) is -0.313. The van der Waals surface area contributed by atoms with Gasteiger partial charge in [0.1, 0.15) is 0 Å². The van der Waals surface area contributed by atoms with Gasteiger partial charge in [0.2, 0.25) is 5.75 Å². The molecule has 1 atom stereocenters. The lowest BCUT2D eigenvalue weighted by molar-refractivity contribution is -0.175. The van der Waals surface area contributed by atoms with E-state index in [4.69, 9.17) is 9.47 Å². The number of aromatic hydroxyl groups is 1. The number of nitrogens with zero attached hydrogens (tertiary/aromatic N) is 1. The van der Waals surface area contributed by atoms with Crippen LogP contribution in [0.2, 0.25) is 0 Å². The van der Waals surface area contributed by atoms with E-state index in [1.807, 2.05) is 30.3 Å². The van der Waals surface area contributed by atoms with Crippen molar-refractivity contribution in [2.45, 2.75) is 56.5 Å². The van der Waals surface area contributed by atoms with Crippen LogP contribution in [0.15, 0.2) is 42.5 Å². The van der Waals surface area contributed by atoms with Crippen LogP contribution in [0.5, 0.6) is 17.2 Å². The summed E-state index contributed by atoms with van der Waals surface area (Å²) in [6.45, 7) is 1.97. The average Bonchev–Trinajstić information content (AvgIpc) is 2.83. The number of carbonyl (C=O) groups excluding carboxylic acids is 1. The number of unbranched alkanes of at least 4 members (excludes halogenated alkanes) is 1. The standard InChI is InChI=1S/C26H32F2N2O6/c1-17(19-13-20(35-2)22(31)21(14-19)36-3)30(12-8-7-11-18-9-5-4-6-10-18)24(34)29-25(23(32)33)15-26(27,28)16-25/h4-6,9-10,13-14,17,31H,7-8,11-12,15-16H2,1-3H3,(H,29,34)(H,32,33). The van der Waals surface area contributed by atoms with Gasteiger partial charge < -0.3 is 29.9 Å². The Morgan fingerprint density at radius 3 is 2.17 bits per heavy atom. The third kappa shape index (κ3) is 5.98. The number of phenolic OH excluding ortho intramolecular Hbond substituents is 1. The van der Waals surface area contributed by atoms with E-state index in [9.17, 15) is 28.6 Å². The molecule has 3 rings (SSSR count). The van der Waals surface area contributed by atoms with Crippen LogP contribution >= 0.6 is 0 Å². The Kier molecular flexibility index (Phi) is 8.27. The summed E-state index contributed by atoms with van der Waals surface area (Å²) in [6.07, 6.45) is 0.216. The molecule has 0 bridgehead atoms. The van der Waals surface area contributed by atoms with Crippen LogP contribution in [0.25, 0.3) is 0 Å². The van der Waals surface area contributed by atoms with Crippen LogP contribution in [0.1, 0.15) is 49.8 Å². The number of ether oxygens (including phenoxy) is 2. The van der Waals surface area contributed by atoms with E-state index in [-0.39, 0.29) is 23.8 Å². The number of carboxylic acids is 1. The summed E-state index contributed by atoms with van der Waals surface area (Å²) < 4.78 is 37.6. The number of phenols is 1. The second-order valence-corrected chi connectivity index (χ2v) is 9.11. The molecule has 0 spiro atoms. The quantitative estimate of drug-likeness (QED) is 0.380. The number of halogens is 2. The van der Waals surface area contributed by atoms with Gasteiger partial charge in [0.25, 0.3) is 5.92 Å². The number of benzene rings is 2. The lowest BCUT2D eigenvalue weighted by atomic mass is 9.73. The number of rotatable bonds is 11. The molecule has 10 heteroatoms. The van der Waals surface area contributed by atoms with E-state index in [0.717, 1.165) is 18.4 Å². The first-order valence-electron chi connectivity index (χ1n) is 11.7. The Labute approximate surface area is 208 Å². The largest absolute Gasteiger partial charge is 0.502 e. The second-order valence-electron chi connectivity index (χ2n) is 9.11. The SMILES string of the molecule is COc1cc(C(C)N(CCCCc2ccccc2)C(=O)NC2(C(=O)O)CC(F)(F)C2)cc(OC)c1O. The van der Waals surface area contributed by atoms with Gasteiger partial charge in [0.15, 0.2) is 17.0 Å². The molecule has 0 saturated heterocycles. The smallest absolute Gasteiger partial charge is 0.329 e. The number of carboxylic acid groups (broad SMARTS) is 1. The van der Waals surface area contributed by atoms with Crippen LogP contribution < -0.4 is 14.8 Å².